The van der Waals surface area contributed by atoms with Crippen molar-refractivity contribution < 1.29 is 18.8 Å². The number of ether oxygens (including phenoxy) is 2. The molecular formula is C22H17N3O4S. The summed E-state index contributed by atoms with van der Waals surface area (Å²) in [5.74, 6) is 1.93. The van der Waals surface area contributed by atoms with Gasteiger partial charge in [0.15, 0.2) is 11.5 Å². The second-order valence-corrected chi connectivity index (χ2v) is 7.67. The Kier molecular flexibility index (Phi) is 4.90. The molecule has 3 heterocycles. The lowest BCUT2D eigenvalue weighted by Crippen LogP contribution is -2.29. The Morgan fingerprint density at radius 1 is 1.07 bits per heavy atom. The van der Waals surface area contributed by atoms with Gasteiger partial charge in [-0.15, -0.1) is 11.3 Å². The van der Waals surface area contributed by atoms with Crippen LogP contribution in [0, 0.1) is 0 Å². The average molecular weight is 419 g/mol. The number of carbonyl (C=O) groups is 1. The molecule has 0 saturated heterocycles. The third-order valence-corrected chi connectivity index (χ3v) is 5.57. The van der Waals surface area contributed by atoms with E-state index in [-0.39, 0.29) is 12.7 Å². The van der Waals surface area contributed by atoms with E-state index in [0.717, 1.165) is 11.1 Å². The van der Waals surface area contributed by atoms with Crippen LogP contribution in [-0.4, -0.2) is 22.8 Å². The molecule has 1 amide bonds. The summed E-state index contributed by atoms with van der Waals surface area (Å²) in [6.07, 6.45) is 0.528. The summed E-state index contributed by atoms with van der Waals surface area (Å²) in [5.41, 5.74) is 1.80. The van der Waals surface area contributed by atoms with Crippen LogP contribution in [0.2, 0.25) is 0 Å². The molecule has 5 rings (SSSR count). The summed E-state index contributed by atoms with van der Waals surface area (Å²) in [7, 11) is 0. The molecule has 150 valence electrons. The number of carbonyl (C=O) groups excluding carboxylic acids is 1. The van der Waals surface area contributed by atoms with Crippen molar-refractivity contribution in [1.29, 1.82) is 0 Å². The first-order valence-corrected chi connectivity index (χ1v) is 10.3. The number of nitrogens with zero attached hydrogens (tertiary/aromatic N) is 2. The van der Waals surface area contributed by atoms with Gasteiger partial charge < -0.3 is 19.3 Å². The standard InChI is InChI=1S/C22H17N3O4S/c26-21(19-7-4-10-30-19)23-16(11-14-5-2-1-3-6-14)22-24-20(25-29-22)15-8-9-17-18(12-15)28-13-27-17/h1-10,12,16H,11,13H2,(H,23,26). The van der Waals surface area contributed by atoms with Crippen molar-refractivity contribution in [3.63, 3.8) is 0 Å². The predicted octanol–water partition coefficient (Wildman–Crippen LogP) is 4.24. The van der Waals surface area contributed by atoms with Gasteiger partial charge in [0.25, 0.3) is 5.91 Å². The van der Waals surface area contributed by atoms with Crippen molar-refractivity contribution in [1.82, 2.24) is 15.5 Å². The minimum Gasteiger partial charge on any atom is -0.454 e. The minimum atomic E-state index is -0.461. The van der Waals surface area contributed by atoms with Crippen LogP contribution in [0.4, 0.5) is 0 Å². The van der Waals surface area contributed by atoms with Gasteiger partial charge in [-0.2, -0.15) is 4.98 Å². The molecule has 4 aromatic rings. The SMILES string of the molecule is O=C(NC(Cc1ccccc1)c1nc(-c2ccc3c(c2)OCO3)no1)c1cccs1. The third-order valence-electron chi connectivity index (χ3n) is 4.70. The molecule has 2 aromatic heterocycles. The molecule has 1 N–H and O–H groups in total. The first-order chi connectivity index (χ1) is 14.8. The Morgan fingerprint density at radius 3 is 2.77 bits per heavy atom. The Hall–Kier alpha value is -3.65. The maximum absolute atomic E-state index is 12.7. The van der Waals surface area contributed by atoms with E-state index < -0.39 is 6.04 Å². The summed E-state index contributed by atoms with van der Waals surface area (Å²) < 4.78 is 16.3. The fourth-order valence-corrected chi connectivity index (χ4v) is 3.84. The van der Waals surface area contributed by atoms with Gasteiger partial charge in [-0.05, 0) is 35.2 Å². The summed E-state index contributed by atoms with van der Waals surface area (Å²) in [6, 6.07) is 18.5. The van der Waals surface area contributed by atoms with E-state index in [0.29, 0.717) is 34.5 Å². The van der Waals surface area contributed by atoms with Crippen LogP contribution in [0.5, 0.6) is 11.5 Å². The van der Waals surface area contributed by atoms with Gasteiger partial charge in [0.05, 0.1) is 4.88 Å². The van der Waals surface area contributed by atoms with Crippen LogP contribution in [0.3, 0.4) is 0 Å². The van der Waals surface area contributed by atoms with Gasteiger partial charge in [-0.25, -0.2) is 0 Å². The molecular weight excluding hydrogens is 402 g/mol. The molecule has 8 heteroatoms. The average Bonchev–Trinajstić information content (AvgIpc) is 3.55. The zero-order valence-corrected chi connectivity index (χ0v) is 16.6. The molecule has 0 spiro atoms. The zero-order chi connectivity index (χ0) is 20.3. The highest BCUT2D eigenvalue weighted by molar-refractivity contribution is 7.12. The zero-order valence-electron chi connectivity index (χ0n) is 15.8. The van der Waals surface area contributed by atoms with Gasteiger partial charge in [0, 0.05) is 12.0 Å². The van der Waals surface area contributed by atoms with Crippen LogP contribution in [0.15, 0.2) is 70.6 Å². The van der Waals surface area contributed by atoms with Crippen molar-refractivity contribution in [2.45, 2.75) is 12.5 Å². The van der Waals surface area contributed by atoms with Crippen LogP contribution < -0.4 is 14.8 Å². The summed E-state index contributed by atoms with van der Waals surface area (Å²) in [6.45, 7) is 0.199. The van der Waals surface area contributed by atoms with Crippen molar-refractivity contribution >= 4 is 17.2 Å². The van der Waals surface area contributed by atoms with E-state index in [2.05, 4.69) is 15.5 Å². The lowest BCUT2D eigenvalue weighted by molar-refractivity contribution is 0.0932. The van der Waals surface area contributed by atoms with E-state index in [1.807, 2.05) is 60.0 Å². The number of fused-ring (bicyclic) bond motifs is 1. The van der Waals surface area contributed by atoms with Crippen molar-refractivity contribution in [3.8, 4) is 22.9 Å². The van der Waals surface area contributed by atoms with Gasteiger partial charge in [0.2, 0.25) is 18.5 Å². The molecule has 1 unspecified atom stereocenters. The van der Waals surface area contributed by atoms with Crippen molar-refractivity contribution in [2.24, 2.45) is 0 Å². The molecule has 1 aliphatic rings. The maximum atomic E-state index is 12.7. The lowest BCUT2D eigenvalue weighted by atomic mass is 10.1. The highest BCUT2D eigenvalue weighted by Crippen LogP contribution is 2.35. The molecule has 0 fully saturated rings. The Balaban J connectivity index is 1.43. The Morgan fingerprint density at radius 2 is 1.93 bits per heavy atom. The molecule has 1 atom stereocenters. The van der Waals surface area contributed by atoms with Crippen LogP contribution in [0.1, 0.15) is 27.2 Å². The normalized spacial score (nSPS) is 13.2. The first-order valence-electron chi connectivity index (χ1n) is 9.38. The summed E-state index contributed by atoms with van der Waals surface area (Å²) >= 11 is 1.38. The number of hydrogen-bond donors (Lipinski definition) is 1. The van der Waals surface area contributed by atoms with Gasteiger partial charge >= 0.3 is 0 Å². The molecule has 2 aromatic carbocycles. The predicted molar refractivity (Wildman–Crippen MR) is 111 cm³/mol. The van der Waals surface area contributed by atoms with Gasteiger partial charge in [0.1, 0.15) is 6.04 Å². The molecule has 30 heavy (non-hydrogen) atoms. The molecule has 7 nitrogen and oxygen atoms in total. The largest absolute Gasteiger partial charge is 0.454 e. The van der Waals surface area contributed by atoms with E-state index in [9.17, 15) is 4.79 Å². The maximum Gasteiger partial charge on any atom is 0.262 e. The molecule has 0 saturated carbocycles. The monoisotopic (exact) mass is 419 g/mol. The van der Waals surface area contributed by atoms with Crippen LogP contribution >= 0.6 is 11.3 Å². The number of thiophene rings is 1. The van der Waals surface area contributed by atoms with E-state index >= 15 is 0 Å². The van der Waals surface area contributed by atoms with Crippen molar-refractivity contribution in [3.05, 3.63) is 82.4 Å². The summed E-state index contributed by atoms with van der Waals surface area (Å²) in [4.78, 5) is 17.8. The highest BCUT2D eigenvalue weighted by Gasteiger charge is 2.24. The number of amides is 1. The highest BCUT2D eigenvalue weighted by atomic mass is 32.1. The van der Waals surface area contributed by atoms with E-state index in [4.69, 9.17) is 14.0 Å². The molecule has 1 aliphatic heterocycles. The Labute approximate surface area is 176 Å². The topological polar surface area (TPSA) is 86.5 Å². The third kappa shape index (κ3) is 3.77. The van der Waals surface area contributed by atoms with Gasteiger partial charge in [-0.1, -0.05) is 41.6 Å². The fraction of sp³-hybridized carbons (Fsp3) is 0.136. The number of hydrogen-bond acceptors (Lipinski definition) is 7. The minimum absolute atomic E-state index is 0.172. The fourth-order valence-electron chi connectivity index (χ4n) is 3.22. The molecule has 0 aliphatic carbocycles. The first kappa shape index (κ1) is 18.4. The second kappa shape index (κ2) is 8.00. The van der Waals surface area contributed by atoms with E-state index in [1.165, 1.54) is 11.3 Å². The number of nitrogens with one attached hydrogen (secondary N) is 1. The van der Waals surface area contributed by atoms with Crippen LogP contribution in [0.25, 0.3) is 11.4 Å². The van der Waals surface area contributed by atoms with Crippen molar-refractivity contribution in [2.75, 3.05) is 6.79 Å². The van der Waals surface area contributed by atoms with E-state index in [1.54, 1.807) is 6.07 Å². The quantitative estimate of drug-likeness (QED) is 0.503. The van der Waals surface area contributed by atoms with Gasteiger partial charge in [-0.3, -0.25) is 4.79 Å². The molecule has 0 bridgehead atoms. The smallest absolute Gasteiger partial charge is 0.262 e. The molecule has 0 radical (unpaired) electrons. The summed E-state index contributed by atoms with van der Waals surface area (Å²) in [5, 5.41) is 9.00. The number of rotatable bonds is 6. The Bertz CT molecular complexity index is 1160. The second-order valence-electron chi connectivity index (χ2n) is 6.72. The lowest BCUT2D eigenvalue weighted by Gasteiger charge is -2.14. The number of benzene rings is 2. The van der Waals surface area contributed by atoms with Crippen LogP contribution in [-0.2, 0) is 6.42 Å². The number of aromatic nitrogens is 2.